The number of hydrogen-bond donors (Lipinski definition) is 2. The molecule has 10 heteroatoms. The van der Waals surface area contributed by atoms with E-state index in [1.807, 2.05) is 33.8 Å². The molecule has 5 rings (SSSR count). The van der Waals surface area contributed by atoms with Gasteiger partial charge in [-0.1, -0.05) is 17.7 Å². The molecule has 3 heterocycles. The third-order valence-corrected chi connectivity index (χ3v) is 5.59. The van der Waals surface area contributed by atoms with E-state index in [1.165, 1.54) is 0 Å². The summed E-state index contributed by atoms with van der Waals surface area (Å²) >= 11 is 5.65. The minimum Gasteiger partial charge on any atom is -0.408 e. The molecule has 4 aromatic rings. The Bertz CT molecular complexity index is 1320. The molecule has 0 radical (unpaired) electrons. The van der Waals surface area contributed by atoms with Gasteiger partial charge in [0.25, 0.3) is 0 Å². The van der Waals surface area contributed by atoms with E-state index >= 15 is 0 Å². The van der Waals surface area contributed by atoms with Gasteiger partial charge in [0.15, 0.2) is 11.2 Å². The van der Waals surface area contributed by atoms with Crippen LogP contribution in [0.2, 0.25) is 5.02 Å². The fourth-order valence-corrected chi connectivity index (χ4v) is 3.17. The lowest BCUT2D eigenvalue weighted by Crippen LogP contribution is -2.41. The van der Waals surface area contributed by atoms with Crippen LogP contribution in [0, 0.1) is 0 Å². The minimum atomic E-state index is -0.457. The quantitative estimate of drug-likeness (QED) is 0.449. The molecule has 156 valence electrons. The van der Waals surface area contributed by atoms with Gasteiger partial charge in [0.2, 0.25) is 0 Å². The summed E-state index contributed by atoms with van der Waals surface area (Å²) in [5.74, 6) is -0.914. The number of nitrogens with one attached hydrogen (secondary N) is 2. The minimum absolute atomic E-state index is 0.383. The summed E-state index contributed by atoms with van der Waals surface area (Å²) < 4.78 is 21.7. The molecule has 30 heavy (non-hydrogen) atoms. The molecule has 0 amide bonds. The summed E-state index contributed by atoms with van der Waals surface area (Å²) in [4.78, 5) is 26.9. The number of hydrogen-bond acceptors (Lipinski definition) is 6. The van der Waals surface area contributed by atoms with Crippen molar-refractivity contribution in [2.75, 3.05) is 0 Å². The van der Waals surface area contributed by atoms with E-state index in [4.69, 9.17) is 29.7 Å². The zero-order chi connectivity index (χ0) is 21.7. The van der Waals surface area contributed by atoms with Crippen molar-refractivity contribution < 1.29 is 18.1 Å². The highest BCUT2D eigenvalue weighted by atomic mass is 35.5. The second-order valence-corrected chi connectivity index (χ2v) is 8.45. The van der Waals surface area contributed by atoms with Gasteiger partial charge in [-0.25, -0.2) is 9.59 Å². The molecule has 0 saturated carbocycles. The third-order valence-electron chi connectivity index (χ3n) is 5.35. The summed E-state index contributed by atoms with van der Waals surface area (Å²) in [7, 11) is -0.449. The highest BCUT2D eigenvalue weighted by molar-refractivity contribution is 6.62. The van der Waals surface area contributed by atoms with Gasteiger partial charge in [-0.15, -0.1) is 0 Å². The fraction of sp³-hybridized carbons (Fsp3) is 0.300. The van der Waals surface area contributed by atoms with Crippen molar-refractivity contribution in [3.05, 3.63) is 62.5 Å². The molecule has 2 aromatic carbocycles. The van der Waals surface area contributed by atoms with E-state index < -0.39 is 18.6 Å². The Hall–Kier alpha value is -2.75. The van der Waals surface area contributed by atoms with Crippen LogP contribution in [-0.4, -0.2) is 28.3 Å². The number of rotatable bonds is 1. The Morgan fingerprint density at radius 2 is 1.30 bits per heavy atom. The summed E-state index contributed by atoms with van der Waals surface area (Å²) in [5.41, 5.74) is 2.41. The van der Waals surface area contributed by atoms with Crippen LogP contribution in [0.4, 0.5) is 0 Å². The molecule has 1 saturated heterocycles. The first kappa shape index (κ1) is 20.5. The van der Waals surface area contributed by atoms with Crippen molar-refractivity contribution in [3.8, 4) is 0 Å². The van der Waals surface area contributed by atoms with Gasteiger partial charge in [0, 0.05) is 11.1 Å². The van der Waals surface area contributed by atoms with E-state index in [-0.39, 0.29) is 11.2 Å². The molecular weight excluding hydrogens is 410 g/mol. The molecule has 1 fully saturated rings. The normalized spacial score (nSPS) is 17.3. The summed E-state index contributed by atoms with van der Waals surface area (Å²) in [6, 6.07) is 10.4. The third kappa shape index (κ3) is 3.83. The Morgan fingerprint density at radius 1 is 0.800 bits per heavy atom. The summed E-state index contributed by atoms with van der Waals surface area (Å²) in [6.45, 7) is 8.01. The maximum Gasteiger partial charge on any atom is 0.494 e. The van der Waals surface area contributed by atoms with Crippen LogP contribution < -0.4 is 17.0 Å². The number of benzene rings is 2. The molecule has 0 atom stereocenters. The van der Waals surface area contributed by atoms with Crippen molar-refractivity contribution in [1.82, 2.24) is 9.97 Å². The van der Waals surface area contributed by atoms with Gasteiger partial charge < -0.3 is 18.1 Å². The molecule has 2 N–H and O–H groups in total. The molecule has 0 unspecified atom stereocenters. The summed E-state index contributed by atoms with van der Waals surface area (Å²) in [6.07, 6.45) is 0. The van der Waals surface area contributed by atoms with Crippen molar-refractivity contribution >= 4 is 46.4 Å². The first-order valence-electron chi connectivity index (χ1n) is 9.31. The Morgan fingerprint density at radius 3 is 1.87 bits per heavy atom. The maximum atomic E-state index is 11.1. The topological polar surface area (TPSA) is 110 Å². The summed E-state index contributed by atoms with van der Waals surface area (Å²) in [5, 5.41) is 0.556. The smallest absolute Gasteiger partial charge is 0.408 e. The van der Waals surface area contributed by atoms with Crippen LogP contribution in [0.5, 0.6) is 0 Å². The Balaban J connectivity index is 0.000000168. The number of H-pyrrole nitrogens is 2. The Labute approximate surface area is 176 Å². The zero-order valence-corrected chi connectivity index (χ0v) is 17.6. The van der Waals surface area contributed by atoms with Crippen LogP contribution in [0.15, 0.2) is 54.8 Å². The van der Waals surface area contributed by atoms with E-state index in [0.717, 1.165) is 5.46 Å². The lowest BCUT2D eigenvalue weighted by Gasteiger charge is -2.32. The average Bonchev–Trinajstić information content (AvgIpc) is 3.26. The first-order valence-corrected chi connectivity index (χ1v) is 9.69. The van der Waals surface area contributed by atoms with Crippen molar-refractivity contribution in [1.29, 1.82) is 0 Å². The average molecular weight is 431 g/mol. The molecule has 0 aliphatic carbocycles. The predicted octanol–water partition coefficient (Wildman–Crippen LogP) is 3.19. The number of halogens is 1. The second kappa shape index (κ2) is 7.19. The highest BCUT2D eigenvalue weighted by Gasteiger charge is 2.51. The van der Waals surface area contributed by atoms with E-state index in [0.29, 0.717) is 27.2 Å². The standard InChI is InChI=1S/C13H16BNO4.C7H4ClNO2/c1-12(2)13(3,4)19-14(18-12)8-5-6-9-10(7-8)17-11(16)15-9;8-4-1-2-5-6(3-4)11-7(10)9-5/h5-7H,1-4H3,(H,15,16);1-3H,(H,9,10). The fourth-order valence-electron chi connectivity index (χ4n) is 3.01. The molecule has 0 bridgehead atoms. The number of oxazole rings is 2. The molecule has 8 nitrogen and oxygen atoms in total. The van der Waals surface area contributed by atoms with Crippen LogP contribution >= 0.6 is 11.6 Å². The lowest BCUT2D eigenvalue weighted by molar-refractivity contribution is 0.00578. The monoisotopic (exact) mass is 430 g/mol. The maximum absolute atomic E-state index is 11.1. The van der Waals surface area contributed by atoms with Gasteiger partial charge in [0.1, 0.15) is 0 Å². The molecule has 1 aliphatic rings. The van der Waals surface area contributed by atoms with Gasteiger partial charge in [0.05, 0.1) is 22.2 Å². The van der Waals surface area contributed by atoms with Crippen LogP contribution in [0.25, 0.3) is 22.2 Å². The highest BCUT2D eigenvalue weighted by Crippen LogP contribution is 2.36. The number of aromatic nitrogens is 2. The van der Waals surface area contributed by atoms with E-state index in [9.17, 15) is 9.59 Å². The van der Waals surface area contributed by atoms with Crippen LogP contribution in [-0.2, 0) is 9.31 Å². The van der Waals surface area contributed by atoms with Gasteiger partial charge in [-0.05, 0) is 57.4 Å². The largest absolute Gasteiger partial charge is 0.494 e. The Kier molecular flexibility index (Phi) is 4.92. The van der Waals surface area contributed by atoms with Crippen LogP contribution in [0.3, 0.4) is 0 Å². The number of aromatic amines is 2. The predicted molar refractivity (Wildman–Crippen MR) is 114 cm³/mol. The molecule has 2 aromatic heterocycles. The van der Waals surface area contributed by atoms with Crippen molar-refractivity contribution in [2.45, 2.75) is 38.9 Å². The lowest BCUT2D eigenvalue weighted by atomic mass is 9.79. The van der Waals surface area contributed by atoms with E-state index in [2.05, 4.69) is 9.97 Å². The zero-order valence-electron chi connectivity index (χ0n) is 16.9. The van der Waals surface area contributed by atoms with Gasteiger partial charge >= 0.3 is 18.6 Å². The van der Waals surface area contributed by atoms with Crippen molar-refractivity contribution in [3.63, 3.8) is 0 Å². The van der Waals surface area contributed by atoms with E-state index in [1.54, 1.807) is 30.3 Å². The molecule has 0 spiro atoms. The van der Waals surface area contributed by atoms with Crippen LogP contribution in [0.1, 0.15) is 27.7 Å². The SMILES string of the molecule is CC1(C)OB(c2ccc3[nH]c(=O)oc3c2)OC1(C)C.O=c1[nH]c2ccc(Cl)cc2o1. The van der Waals surface area contributed by atoms with Gasteiger partial charge in [-0.2, -0.15) is 0 Å². The van der Waals surface area contributed by atoms with Gasteiger partial charge in [-0.3, -0.25) is 9.97 Å². The second-order valence-electron chi connectivity index (χ2n) is 8.01. The van der Waals surface area contributed by atoms with Crippen molar-refractivity contribution in [2.24, 2.45) is 0 Å². The number of fused-ring (bicyclic) bond motifs is 2. The molecular formula is C20H20BClN2O6. The molecule has 1 aliphatic heterocycles. The first-order chi connectivity index (χ1) is 14.0.